The van der Waals surface area contributed by atoms with Crippen LogP contribution in [0.15, 0.2) is 12.1 Å². The molecule has 0 amide bonds. The predicted octanol–water partition coefficient (Wildman–Crippen LogP) is 3.08. The monoisotopic (exact) mass is 280 g/mol. The second kappa shape index (κ2) is 9.72. The van der Waals surface area contributed by atoms with Crippen LogP contribution in [0.5, 0.6) is 5.75 Å². The molecular formula is C16H28N2O2. The van der Waals surface area contributed by atoms with E-state index in [1.54, 1.807) is 0 Å². The topological polar surface area (TPSA) is 43.4 Å². The van der Waals surface area contributed by atoms with Gasteiger partial charge in [0.15, 0.2) is 0 Å². The summed E-state index contributed by atoms with van der Waals surface area (Å²) in [6.07, 6.45) is 2.27. The summed E-state index contributed by atoms with van der Waals surface area (Å²) in [6.45, 7) is 11.1. The fourth-order valence-corrected chi connectivity index (χ4v) is 1.72. The van der Waals surface area contributed by atoms with E-state index in [0.29, 0.717) is 19.3 Å². The van der Waals surface area contributed by atoms with Crippen molar-refractivity contribution < 1.29 is 9.47 Å². The molecule has 0 atom stereocenters. The molecule has 0 saturated carbocycles. The van der Waals surface area contributed by atoms with Crippen LogP contribution in [0.4, 0.5) is 0 Å². The molecule has 0 aromatic carbocycles. The number of rotatable bonds is 10. The van der Waals surface area contributed by atoms with E-state index in [-0.39, 0.29) is 0 Å². The van der Waals surface area contributed by atoms with E-state index in [4.69, 9.17) is 9.47 Å². The average molecular weight is 280 g/mol. The van der Waals surface area contributed by atoms with E-state index in [1.807, 2.05) is 19.1 Å². The van der Waals surface area contributed by atoms with Crippen LogP contribution in [-0.2, 0) is 11.3 Å². The number of aromatic nitrogens is 1. The minimum Gasteiger partial charge on any atom is -0.489 e. The van der Waals surface area contributed by atoms with Gasteiger partial charge in [-0.2, -0.15) is 0 Å². The van der Waals surface area contributed by atoms with Gasteiger partial charge < -0.3 is 14.8 Å². The number of unbranched alkanes of at least 4 members (excludes halogenated alkanes) is 1. The summed E-state index contributed by atoms with van der Waals surface area (Å²) < 4.78 is 11.3. The van der Waals surface area contributed by atoms with Gasteiger partial charge in [0.2, 0.25) is 0 Å². The van der Waals surface area contributed by atoms with Crippen molar-refractivity contribution in [2.75, 3.05) is 19.8 Å². The molecule has 1 aromatic rings. The number of pyridine rings is 1. The van der Waals surface area contributed by atoms with Gasteiger partial charge in [-0.3, -0.25) is 4.98 Å². The smallest absolute Gasteiger partial charge is 0.142 e. The van der Waals surface area contributed by atoms with Crippen LogP contribution in [0.3, 0.4) is 0 Å². The normalized spacial score (nSPS) is 11.1. The van der Waals surface area contributed by atoms with Gasteiger partial charge in [-0.05, 0) is 25.5 Å². The Labute approximate surface area is 122 Å². The van der Waals surface area contributed by atoms with Crippen molar-refractivity contribution in [2.24, 2.45) is 0 Å². The van der Waals surface area contributed by atoms with Gasteiger partial charge in [0.25, 0.3) is 0 Å². The van der Waals surface area contributed by atoms with Crippen LogP contribution in [0, 0.1) is 6.92 Å². The molecule has 1 heterocycles. The number of nitrogens with one attached hydrogen (secondary N) is 1. The summed E-state index contributed by atoms with van der Waals surface area (Å²) in [4.78, 5) is 4.55. The Morgan fingerprint density at radius 2 is 2.00 bits per heavy atom. The molecule has 114 valence electrons. The Morgan fingerprint density at radius 3 is 2.70 bits per heavy atom. The molecule has 0 bridgehead atoms. The van der Waals surface area contributed by atoms with Gasteiger partial charge in [0, 0.05) is 24.9 Å². The lowest BCUT2D eigenvalue weighted by Gasteiger charge is -2.13. The zero-order valence-electron chi connectivity index (χ0n) is 13.2. The predicted molar refractivity (Wildman–Crippen MR) is 82.2 cm³/mol. The lowest BCUT2D eigenvalue weighted by molar-refractivity contribution is 0.0975. The van der Waals surface area contributed by atoms with Crippen LogP contribution >= 0.6 is 0 Å². The molecule has 0 aliphatic rings. The fraction of sp³-hybridized carbons (Fsp3) is 0.688. The third-order valence-corrected chi connectivity index (χ3v) is 2.88. The van der Waals surface area contributed by atoms with Crippen molar-refractivity contribution in [3.63, 3.8) is 0 Å². The van der Waals surface area contributed by atoms with Crippen LogP contribution in [0.25, 0.3) is 0 Å². The maximum Gasteiger partial charge on any atom is 0.142 e. The average Bonchev–Trinajstić information content (AvgIpc) is 2.42. The molecule has 1 N–H and O–H groups in total. The highest BCUT2D eigenvalue weighted by Gasteiger charge is 2.06. The van der Waals surface area contributed by atoms with Gasteiger partial charge in [0.05, 0.1) is 12.3 Å². The quantitative estimate of drug-likeness (QED) is 0.669. The molecule has 0 aliphatic heterocycles. The first kappa shape index (κ1) is 16.9. The maximum atomic E-state index is 5.78. The summed E-state index contributed by atoms with van der Waals surface area (Å²) in [6, 6.07) is 4.40. The Kier molecular flexibility index (Phi) is 8.23. The van der Waals surface area contributed by atoms with E-state index < -0.39 is 0 Å². The number of hydrogen-bond donors (Lipinski definition) is 1. The van der Waals surface area contributed by atoms with Crippen molar-refractivity contribution in [3.8, 4) is 5.75 Å². The highest BCUT2D eigenvalue weighted by atomic mass is 16.5. The minimum atomic E-state index is 0.433. The van der Waals surface area contributed by atoms with Crippen LogP contribution in [0.1, 0.15) is 45.0 Å². The summed E-state index contributed by atoms with van der Waals surface area (Å²) in [5.74, 6) is 0.850. The molecule has 0 radical (unpaired) electrons. The lowest BCUT2D eigenvalue weighted by Crippen LogP contribution is -2.23. The second-order valence-electron chi connectivity index (χ2n) is 5.25. The van der Waals surface area contributed by atoms with E-state index in [0.717, 1.165) is 43.1 Å². The molecule has 0 saturated heterocycles. The Morgan fingerprint density at radius 1 is 1.20 bits per heavy atom. The van der Waals surface area contributed by atoms with E-state index in [2.05, 4.69) is 31.1 Å². The molecule has 0 unspecified atom stereocenters. The van der Waals surface area contributed by atoms with E-state index in [9.17, 15) is 0 Å². The first-order chi connectivity index (χ1) is 9.63. The maximum absolute atomic E-state index is 5.78. The molecule has 4 nitrogen and oxygen atoms in total. The van der Waals surface area contributed by atoms with Crippen molar-refractivity contribution >= 4 is 0 Å². The summed E-state index contributed by atoms with van der Waals surface area (Å²) >= 11 is 0. The minimum absolute atomic E-state index is 0.433. The van der Waals surface area contributed by atoms with Gasteiger partial charge in [-0.1, -0.05) is 27.2 Å². The Hall–Kier alpha value is -1.13. The highest BCUT2D eigenvalue weighted by molar-refractivity contribution is 5.29. The summed E-state index contributed by atoms with van der Waals surface area (Å²) in [5, 5.41) is 3.37. The summed E-state index contributed by atoms with van der Waals surface area (Å²) in [7, 11) is 0. The third kappa shape index (κ3) is 6.87. The lowest BCUT2D eigenvalue weighted by atomic mass is 10.2. The van der Waals surface area contributed by atoms with Gasteiger partial charge in [-0.25, -0.2) is 0 Å². The molecular weight excluding hydrogens is 252 g/mol. The highest BCUT2D eigenvalue weighted by Crippen LogP contribution is 2.17. The van der Waals surface area contributed by atoms with Crippen molar-refractivity contribution in [2.45, 2.75) is 53.1 Å². The largest absolute Gasteiger partial charge is 0.489 e. The molecule has 0 fully saturated rings. The van der Waals surface area contributed by atoms with E-state index >= 15 is 0 Å². The first-order valence-electron chi connectivity index (χ1n) is 7.54. The van der Waals surface area contributed by atoms with Gasteiger partial charge >= 0.3 is 0 Å². The van der Waals surface area contributed by atoms with Gasteiger partial charge in [0.1, 0.15) is 12.4 Å². The molecule has 4 heteroatoms. The number of nitrogens with zero attached hydrogens (tertiary/aromatic N) is 1. The fourth-order valence-electron chi connectivity index (χ4n) is 1.72. The number of hydrogen-bond acceptors (Lipinski definition) is 4. The molecule has 1 aromatic heterocycles. The Balaban J connectivity index is 2.43. The molecule has 20 heavy (non-hydrogen) atoms. The van der Waals surface area contributed by atoms with Crippen LogP contribution in [-0.4, -0.2) is 30.8 Å². The first-order valence-corrected chi connectivity index (χ1v) is 7.54. The standard InChI is InChI=1S/C16H28N2O2/c1-5-6-9-19-10-11-20-16-8-7-14(4)18-15(16)12-17-13(2)3/h7-8,13,17H,5-6,9-12H2,1-4H3. The molecule has 0 spiro atoms. The second-order valence-corrected chi connectivity index (χ2v) is 5.25. The van der Waals surface area contributed by atoms with E-state index in [1.165, 1.54) is 0 Å². The van der Waals surface area contributed by atoms with Crippen LogP contribution in [0.2, 0.25) is 0 Å². The molecule has 1 rings (SSSR count). The van der Waals surface area contributed by atoms with Crippen molar-refractivity contribution in [1.82, 2.24) is 10.3 Å². The van der Waals surface area contributed by atoms with Gasteiger partial charge in [-0.15, -0.1) is 0 Å². The van der Waals surface area contributed by atoms with Crippen molar-refractivity contribution in [3.05, 3.63) is 23.5 Å². The Bertz CT molecular complexity index is 381. The zero-order valence-corrected chi connectivity index (χ0v) is 13.2. The third-order valence-electron chi connectivity index (χ3n) is 2.88. The summed E-state index contributed by atoms with van der Waals surface area (Å²) in [5.41, 5.74) is 1.98. The SMILES string of the molecule is CCCCOCCOc1ccc(C)nc1CNC(C)C. The van der Waals surface area contributed by atoms with Crippen LogP contribution < -0.4 is 10.1 Å². The number of ether oxygens (including phenoxy) is 2. The zero-order chi connectivity index (χ0) is 14.8. The van der Waals surface area contributed by atoms with Crippen molar-refractivity contribution in [1.29, 1.82) is 0 Å². The number of aryl methyl sites for hydroxylation is 1. The molecule has 0 aliphatic carbocycles.